The number of aliphatic hydroxyl groups is 1. The van der Waals surface area contributed by atoms with Gasteiger partial charge in [0.1, 0.15) is 6.20 Å². The number of aliphatic hydroxyl groups excluding tert-OH is 1. The highest BCUT2D eigenvalue weighted by Crippen LogP contribution is 2.27. The molecule has 1 aromatic heterocycles. The molecular formula is C18H30N6O3. The fourth-order valence-corrected chi connectivity index (χ4v) is 4.04. The molecule has 2 aliphatic carbocycles. The molecule has 1 heterocycles. The van der Waals surface area contributed by atoms with Crippen LogP contribution in [0.4, 0.5) is 17.5 Å². The lowest BCUT2D eigenvalue weighted by Gasteiger charge is -2.26. The molecule has 2 saturated carbocycles. The summed E-state index contributed by atoms with van der Waals surface area (Å²) in [7, 11) is 0. The third-order valence-electron chi connectivity index (χ3n) is 5.72. The Morgan fingerprint density at radius 2 is 1.89 bits per heavy atom. The molecule has 0 radical (unpaired) electrons. The van der Waals surface area contributed by atoms with E-state index in [4.69, 9.17) is 5.73 Å². The van der Waals surface area contributed by atoms with Crippen molar-refractivity contribution in [1.29, 1.82) is 0 Å². The minimum atomic E-state index is -0.458. The monoisotopic (exact) mass is 378 g/mol. The quantitative estimate of drug-likeness (QED) is 0.418. The summed E-state index contributed by atoms with van der Waals surface area (Å²) in [4.78, 5) is 19.3. The molecule has 2 aliphatic rings. The van der Waals surface area contributed by atoms with Crippen molar-refractivity contribution in [3.8, 4) is 0 Å². The molecule has 0 bridgehead atoms. The van der Waals surface area contributed by atoms with Crippen molar-refractivity contribution in [3.05, 3.63) is 16.3 Å². The first-order chi connectivity index (χ1) is 13.0. The number of hydrogen-bond donors (Lipinski definition) is 4. The van der Waals surface area contributed by atoms with Gasteiger partial charge >= 0.3 is 5.69 Å². The van der Waals surface area contributed by atoms with Crippen LogP contribution in [0.15, 0.2) is 6.20 Å². The first-order valence-corrected chi connectivity index (χ1v) is 9.94. The molecule has 5 N–H and O–H groups in total. The molecule has 1 aromatic rings. The maximum absolute atomic E-state index is 11.3. The molecule has 0 amide bonds. The molecule has 150 valence electrons. The zero-order valence-corrected chi connectivity index (χ0v) is 15.6. The summed E-state index contributed by atoms with van der Waals surface area (Å²) >= 11 is 0. The van der Waals surface area contributed by atoms with Crippen molar-refractivity contribution in [3.63, 3.8) is 0 Å². The van der Waals surface area contributed by atoms with Gasteiger partial charge in [-0.2, -0.15) is 4.98 Å². The number of nitrogens with one attached hydrogen (secondary N) is 2. The predicted octanol–water partition coefficient (Wildman–Crippen LogP) is 2.28. The zero-order valence-electron chi connectivity index (χ0n) is 15.6. The van der Waals surface area contributed by atoms with Crippen molar-refractivity contribution in [2.24, 2.45) is 17.6 Å². The van der Waals surface area contributed by atoms with Crippen molar-refractivity contribution >= 4 is 17.5 Å². The normalized spacial score (nSPS) is 28.5. The van der Waals surface area contributed by atoms with E-state index in [1.54, 1.807) is 0 Å². The average molecular weight is 378 g/mol. The van der Waals surface area contributed by atoms with Crippen molar-refractivity contribution in [2.45, 2.75) is 63.5 Å². The molecule has 2 fully saturated rings. The van der Waals surface area contributed by atoms with Gasteiger partial charge in [0.15, 0.2) is 0 Å². The Bertz CT molecular complexity index is 636. The van der Waals surface area contributed by atoms with Crippen LogP contribution in [-0.4, -0.2) is 45.2 Å². The van der Waals surface area contributed by atoms with Gasteiger partial charge in [-0.15, -0.1) is 0 Å². The molecule has 0 unspecified atom stereocenters. The molecule has 9 heteroatoms. The Hall–Kier alpha value is -2.00. The third-order valence-corrected chi connectivity index (χ3v) is 5.72. The van der Waals surface area contributed by atoms with E-state index in [0.717, 1.165) is 51.4 Å². The summed E-state index contributed by atoms with van der Waals surface area (Å²) in [6.45, 7) is 1.31. The minimum absolute atomic E-state index is 0.110. The molecule has 27 heavy (non-hydrogen) atoms. The van der Waals surface area contributed by atoms with E-state index in [2.05, 4.69) is 20.6 Å². The number of anilines is 2. The molecular weight excluding hydrogens is 348 g/mol. The Morgan fingerprint density at radius 3 is 2.59 bits per heavy atom. The maximum atomic E-state index is 11.3. The number of rotatable bonds is 7. The van der Waals surface area contributed by atoms with Gasteiger partial charge in [0, 0.05) is 19.1 Å². The number of nitrogens with two attached hydrogens (primary N) is 1. The smallest absolute Gasteiger partial charge is 0.329 e. The van der Waals surface area contributed by atoms with Crippen LogP contribution in [0.1, 0.15) is 51.4 Å². The van der Waals surface area contributed by atoms with Crippen molar-refractivity contribution in [2.75, 3.05) is 23.7 Å². The second-order valence-corrected chi connectivity index (χ2v) is 7.91. The Labute approximate surface area is 159 Å². The van der Waals surface area contributed by atoms with E-state index in [-0.39, 0.29) is 23.7 Å². The van der Waals surface area contributed by atoms with Crippen LogP contribution in [0.5, 0.6) is 0 Å². The van der Waals surface area contributed by atoms with Gasteiger partial charge in [0.25, 0.3) is 0 Å². The van der Waals surface area contributed by atoms with E-state index in [9.17, 15) is 15.2 Å². The van der Waals surface area contributed by atoms with E-state index >= 15 is 0 Å². The summed E-state index contributed by atoms with van der Waals surface area (Å²) in [5.74, 6) is 1.47. The molecule has 9 nitrogen and oxygen atoms in total. The molecule has 0 aliphatic heterocycles. The van der Waals surface area contributed by atoms with Crippen LogP contribution in [0.25, 0.3) is 0 Å². The standard InChI is InChI=1S/C18H30N6O3/c19-14-6-4-12(5-7-14)9-20-17-16(24(26)27)11-22-18(23-17)21-10-13-2-1-3-15(25)8-13/h11-15,25H,1-10,19H2,(H2,20,21,22,23)/t12?,13-,14?,15-/m0/s1. The van der Waals surface area contributed by atoms with Gasteiger partial charge in [0.05, 0.1) is 11.0 Å². The molecule has 2 atom stereocenters. The second-order valence-electron chi connectivity index (χ2n) is 7.91. The van der Waals surface area contributed by atoms with Gasteiger partial charge in [0.2, 0.25) is 11.8 Å². The summed E-state index contributed by atoms with van der Waals surface area (Å²) in [6.07, 6.45) is 8.80. The molecule has 0 aromatic carbocycles. The number of aromatic nitrogens is 2. The minimum Gasteiger partial charge on any atom is -0.393 e. The topological polar surface area (TPSA) is 139 Å². The maximum Gasteiger partial charge on any atom is 0.329 e. The highest BCUT2D eigenvalue weighted by Gasteiger charge is 2.23. The van der Waals surface area contributed by atoms with Crippen LogP contribution in [0.2, 0.25) is 0 Å². The van der Waals surface area contributed by atoms with Gasteiger partial charge in [-0.3, -0.25) is 10.1 Å². The number of hydrogen-bond acceptors (Lipinski definition) is 8. The Balaban J connectivity index is 1.59. The van der Waals surface area contributed by atoms with Crippen LogP contribution >= 0.6 is 0 Å². The lowest BCUT2D eigenvalue weighted by atomic mass is 9.86. The van der Waals surface area contributed by atoms with E-state index in [1.165, 1.54) is 6.20 Å². The largest absolute Gasteiger partial charge is 0.393 e. The van der Waals surface area contributed by atoms with Crippen LogP contribution in [-0.2, 0) is 0 Å². The van der Waals surface area contributed by atoms with E-state index < -0.39 is 4.92 Å². The summed E-state index contributed by atoms with van der Waals surface area (Å²) in [5.41, 5.74) is 5.83. The van der Waals surface area contributed by atoms with Gasteiger partial charge in [-0.25, -0.2) is 4.98 Å². The first-order valence-electron chi connectivity index (χ1n) is 9.94. The molecule has 0 spiro atoms. The van der Waals surface area contributed by atoms with Crippen LogP contribution in [0, 0.1) is 22.0 Å². The van der Waals surface area contributed by atoms with E-state index in [1.807, 2.05) is 0 Å². The van der Waals surface area contributed by atoms with Crippen molar-refractivity contribution < 1.29 is 10.0 Å². The average Bonchev–Trinajstić information content (AvgIpc) is 2.66. The highest BCUT2D eigenvalue weighted by atomic mass is 16.6. The fourth-order valence-electron chi connectivity index (χ4n) is 4.04. The Kier molecular flexibility index (Phi) is 6.78. The highest BCUT2D eigenvalue weighted by molar-refractivity contribution is 5.57. The van der Waals surface area contributed by atoms with Crippen LogP contribution in [0.3, 0.4) is 0 Å². The fraction of sp³-hybridized carbons (Fsp3) is 0.778. The number of nitrogens with zero attached hydrogens (tertiary/aromatic N) is 3. The summed E-state index contributed by atoms with van der Waals surface area (Å²) in [6, 6.07) is 0.281. The SMILES string of the molecule is NC1CCC(CNc2nc(NC[C@H]3CCC[C@H](O)C3)ncc2[N+](=O)[O-])CC1. The predicted molar refractivity (Wildman–Crippen MR) is 104 cm³/mol. The number of nitro groups is 1. The lowest BCUT2D eigenvalue weighted by Crippen LogP contribution is -2.29. The Morgan fingerprint density at radius 1 is 1.15 bits per heavy atom. The van der Waals surface area contributed by atoms with E-state index in [0.29, 0.717) is 30.9 Å². The van der Waals surface area contributed by atoms with Crippen molar-refractivity contribution in [1.82, 2.24) is 9.97 Å². The first kappa shape index (κ1) is 19.8. The van der Waals surface area contributed by atoms with Gasteiger partial charge in [-0.1, -0.05) is 6.42 Å². The van der Waals surface area contributed by atoms with Crippen LogP contribution < -0.4 is 16.4 Å². The zero-order chi connectivity index (χ0) is 19.2. The summed E-state index contributed by atoms with van der Waals surface area (Å²) < 4.78 is 0. The molecule has 0 saturated heterocycles. The second kappa shape index (κ2) is 9.27. The third kappa shape index (κ3) is 5.74. The van der Waals surface area contributed by atoms with Gasteiger partial charge < -0.3 is 21.5 Å². The molecule has 3 rings (SSSR count). The lowest BCUT2D eigenvalue weighted by molar-refractivity contribution is -0.384. The van der Waals surface area contributed by atoms with Gasteiger partial charge in [-0.05, 0) is 56.8 Å². The summed E-state index contributed by atoms with van der Waals surface area (Å²) in [5, 5.41) is 27.4.